The van der Waals surface area contributed by atoms with Crippen molar-refractivity contribution < 1.29 is 13.6 Å². The average Bonchev–Trinajstić information content (AvgIpc) is 2.71. The molecule has 0 radical (unpaired) electrons. The fourth-order valence-electron chi connectivity index (χ4n) is 3.03. The van der Waals surface area contributed by atoms with Gasteiger partial charge in [0.25, 0.3) is 0 Å². The number of benzene rings is 2. The topological polar surface area (TPSA) is 68.0 Å². The molecule has 1 amide bonds. The number of anilines is 1. The summed E-state index contributed by atoms with van der Waals surface area (Å²) in [5.41, 5.74) is 9.69. The van der Waals surface area contributed by atoms with E-state index in [2.05, 4.69) is 10.3 Å². The Labute approximate surface area is 168 Å². The van der Waals surface area contributed by atoms with Crippen molar-refractivity contribution in [2.24, 2.45) is 0 Å². The van der Waals surface area contributed by atoms with Crippen molar-refractivity contribution in [2.45, 2.75) is 19.4 Å². The van der Waals surface area contributed by atoms with Gasteiger partial charge < -0.3 is 11.1 Å². The van der Waals surface area contributed by atoms with Gasteiger partial charge in [-0.05, 0) is 54.0 Å². The molecule has 0 unspecified atom stereocenters. The third-order valence-electron chi connectivity index (χ3n) is 4.55. The molecule has 4 nitrogen and oxygen atoms in total. The minimum Gasteiger partial charge on any atom is -0.398 e. The van der Waals surface area contributed by atoms with E-state index in [1.807, 2.05) is 37.3 Å². The number of rotatable bonds is 6. The molecule has 0 fully saturated rings. The van der Waals surface area contributed by atoms with Gasteiger partial charge in [0, 0.05) is 36.1 Å². The third kappa shape index (κ3) is 5.25. The quantitative estimate of drug-likeness (QED) is 0.481. The number of para-hydroxylation sites is 1. The Morgan fingerprint density at radius 1 is 1.21 bits per heavy atom. The average molecular weight is 393 g/mol. The van der Waals surface area contributed by atoms with Gasteiger partial charge in [0.15, 0.2) is 0 Å². The molecule has 1 heterocycles. The highest BCUT2D eigenvalue weighted by molar-refractivity contribution is 5.92. The molecular formula is C23H21F2N3O. The molecule has 29 heavy (non-hydrogen) atoms. The van der Waals surface area contributed by atoms with Crippen molar-refractivity contribution in [2.75, 3.05) is 5.73 Å². The lowest BCUT2D eigenvalue weighted by molar-refractivity contribution is -0.117. The Balaban J connectivity index is 1.71. The summed E-state index contributed by atoms with van der Waals surface area (Å²) >= 11 is 0. The molecule has 3 N–H and O–H groups in total. The summed E-state index contributed by atoms with van der Waals surface area (Å²) in [5, 5.41) is 2.80. The van der Waals surface area contributed by atoms with E-state index in [1.54, 1.807) is 12.4 Å². The van der Waals surface area contributed by atoms with Gasteiger partial charge in [0.05, 0.1) is 6.04 Å². The fourth-order valence-corrected chi connectivity index (χ4v) is 3.03. The zero-order chi connectivity index (χ0) is 20.8. The van der Waals surface area contributed by atoms with Gasteiger partial charge in [-0.25, -0.2) is 8.78 Å². The molecule has 3 rings (SSSR count). The van der Waals surface area contributed by atoms with Gasteiger partial charge in [0.2, 0.25) is 5.91 Å². The maximum absolute atomic E-state index is 13.7. The van der Waals surface area contributed by atoms with Gasteiger partial charge in [-0.2, -0.15) is 0 Å². The van der Waals surface area contributed by atoms with Crippen LogP contribution in [0.4, 0.5) is 14.5 Å². The van der Waals surface area contributed by atoms with Crippen LogP contribution in [0.2, 0.25) is 0 Å². The number of hydrogen-bond acceptors (Lipinski definition) is 3. The standard InChI is InChI=1S/C23H21F2N3O/c1-15(28-22(29)10-7-17-13-19(24)8-9-21(17)25)20-6-2-5-18(23(20)26)12-16-4-3-11-27-14-16/h2-11,13-15H,12,26H2,1H3,(H,28,29)/t15-/m0/s1. The smallest absolute Gasteiger partial charge is 0.244 e. The Morgan fingerprint density at radius 3 is 2.79 bits per heavy atom. The molecule has 1 aromatic heterocycles. The Bertz CT molecular complexity index is 1040. The van der Waals surface area contributed by atoms with Crippen molar-refractivity contribution in [3.63, 3.8) is 0 Å². The summed E-state index contributed by atoms with van der Waals surface area (Å²) in [4.78, 5) is 16.3. The SMILES string of the molecule is C[C@H](NC(=O)C=Cc1cc(F)ccc1F)c1cccc(Cc2cccnc2)c1N. The summed E-state index contributed by atoms with van der Waals surface area (Å²) in [6, 6.07) is 12.2. The fraction of sp³-hybridized carbons (Fsp3) is 0.130. The summed E-state index contributed by atoms with van der Waals surface area (Å²) in [7, 11) is 0. The van der Waals surface area contributed by atoms with Gasteiger partial charge in [-0.3, -0.25) is 9.78 Å². The largest absolute Gasteiger partial charge is 0.398 e. The van der Waals surface area contributed by atoms with E-state index >= 15 is 0 Å². The van der Waals surface area contributed by atoms with Crippen LogP contribution in [0.1, 0.15) is 35.2 Å². The monoisotopic (exact) mass is 393 g/mol. The van der Waals surface area contributed by atoms with Crippen LogP contribution in [0.25, 0.3) is 6.08 Å². The first-order chi connectivity index (χ1) is 13.9. The molecule has 0 aliphatic heterocycles. The lowest BCUT2D eigenvalue weighted by Crippen LogP contribution is -2.25. The van der Waals surface area contributed by atoms with E-state index in [1.165, 1.54) is 12.2 Å². The second-order valence-corrected chi connectivity index (χ2v) is 6.69. The lowest BCUT2D eigenvalue weighted by atomic mass is 9.98. The minimum absolute atomic E-state index is 0.00536. The minimum atomic E-state index is -0.601. The number of amides is 1. The van der Waals surface area contributed by atoms with Crippen molar-refractivity contribution in [3.05, 3.63) is 101 Å². The van der Waals surface area contributed by atoms with Crippen LogP contribution < -0.4 is 11.1 Å². The van der Waals surface area contributed by atoms with E-state index in [0.717, 1.165) is 34.9 Å². The number of aromatic nitrogens is 1. The number of hydrogen-bond donors (Lipinski definition) is 2. The Hall–Kier alpha value is -3.54. The first-order valence-corrected chi connectivity index (χ1v) is 9.14. The van der Waals surface area contributed by atoms with Crippen LogP contribution in [0.15, 0.2) is 67.0 Å². The zero-order valence-electron chi connectivity index (χ0n) is 15.9. The van der Waals surface area contributed by atoms with Crippen LogP contribution in [-0.2, 0) is 11.2 Å². The Kier molecular flexibility index (Phi) is 6.34. The molecule has 2 aromatic carbocycles. The highest BCUT2D eigenvalue weighted by Gasteiger charge is 2.14. The number of nitrogens with one attached hydrogen (secondary N) is 1. The van der Waals surface area contributed by atoms with Crippen molar-refractivity contribution in [1.29, 1.82) is 0 Å². The molecule has 0 aliphatic rings. The summed E-state index contributed by atoms with van der Waals surface area (Å²) < 4.78 is 26.9. The van der Waals surface area contributed by atoms with Crippen molar-refractivity contribution in [3.8, 4) is 0 Å². The number of nitrogen functional groups attached to an aromatic ring is 1. The van der Waals surface area contributed by atoms with Gasteiger partial charge in [-0.15, -0.1) is 0 Å². The second-order valence-electron chi connectivity index (χ2n) is 6.69. The number of carbonyl (C=O) groups excluding carboxylic acids is 1. The molecule has 0 aliphatic carbocycles. The summed E-state index contributed by atoms with van der Waals surface area (Å²) in [6.45, 7) is 1.81. The number of nitrogens with two attached hydrogens (primary N) is 1. The van der Waals surface area contributed by atoms with Crippen LogP contribution in [0, 0.1) is 11.6 Å². The van der Waals surface area contributed by atoms with Crippen LogP contribution in [-0.4, -0.2) is 10.9 Å². The van der Waals surface area contributed by atoms with E-state index < -0.39 is 17.5 Å². The van der Waals surface area contributed by atoms with Gasteiger partial charge >= 0.3 is 0 Å². The van der Waals surface area contributed by atoms with Crippen LogP contribution in [0.3, 0.4) is 0 Å². The Morgan fingerprint density at radius 2 is 2.03 bits per heavy atom. The number of nitrogens with zero attached hydrogens (tertiary/aromatic N) is 1. The molecule has 3 aromatic rings. The molecular weight excluding hydrogens is 372 g/mol. The van der Waals surface area contributed by atoms with Gasteiger partial charge in [0.1, 0.15) is 11.6 Å². The summed E-state index contributed by atoms with van der Waals surface area (Å²) in [5.74, 6) is -1.60. The van der Waals surface area contributed by atoms with E-state index in [-0.39, 0.29) is 11.6 Å². The normalized spacial score (nSPS) is 12.1. The number of pyridine rings is 1. The second kappa shape index (κ2) is 9.10. The van der Waals surface area contributed by atoms with E-state index in [0.29, 0.717) is 12.1 Å². The molecule has 0 saturated carbocycles. The van der Waals surface area contributed by atoms with Gasteiger partial charge in [-0.1, -0.05) is 24.3 Å². The molecule has 0 spiro atoms. The van der Waals surface area contributed by atoms with Crippen molar-refractivity contribution in [1.82, 2.24) is 10.3 Å². The molecule has 0 bridgehead atoms. The third-order valence-corrected chi connectivity index (χ3v) is 4.55. The summed E-state index contributed by atoms with van der Waals surface area (Å²) in [6.07, 6.45) is 6.54. The molecule has 148 valence electrons. The van der Waals surface area contributed by atoms with E-state index in [9.17, 15) is 13.6 Å². The maximum Gasteiger partial charge on any atom is 0.244 e. The highest BCUT2D eigenvalue weighted by atomic mass is 19.1. The van der Waals surface area contributed by atoms with Crippen LogP contribution >= 0.6 is 0 Å². The van der Waals surface area contributed by atoms with E-state index in [4.69, 9.17) is 5.73 Å². The maximum atomic E-state index is 13.7. The highest BCUT2D eigenvalue weighted by Crippen LogP contribution is 2.25. The first-order valence-electron chi connectivity index (χ1n) is 9.14. The lowest BCUT2D eigenvalue weighted by Gasteiger charge is -2.18. The zero-order valence-corrected chi connectivity index (χ0v) is 15.9. The molecule has 6 heteroatoms. The number of carbonyl (C=O) groups is 1. The predicted octanol–water partition coefficient (Wildman–Crippen LogP) is 4.42. The van der Waals surface area contributed by atoms with Crippen LogP contribution in [0.5, 0.6) is 0 Å². The molecule has 0 saturated heterocycles. The predicted molar refractivity (Wildman–Crippen MR) is 110 cm³/mol. The van der Waals surface area contributed by atoms with Crippen molar-refractivity contribution >= 4 is 17.7 Å². The number of halogens is 2. The first kappa shape index (κ1) is 20.2. The molecule has 1 atom stereocenters.